The molecule has 0 aromatic heterocycles. The van der Waals surface area contributed by atoms with Crippen molar-refractivity contribution in [2.24, 2.45) is 0 Å². The minimum absolute atomic E-state index is 0.100. The summed E-state index contributed by atoms with van der Waals surface area (Å²) in [5.74, 6) is 2.36. The molecule has 0 spiro atoms. The molecule has 0 aliphatic heterocycles. The third-order valence-corrected chi connectivity index (χ3v) is 3.75. The zero-order chi connectivity index (χ0) is 12.4. The van der Waals surface area contributed by atoms with Gasteiger partial charge < -0.3 is 0 Å². The number of terminal acetylenes is 1. The van der Waals surface area contributed by atoms with Crippen LogP contribution in [0.1, 0.15) is 13.8 Å². The molecule has 0 aliphatic rings. The highest BCUT2D eigenvalue weighted by Gasteiger charge is 2.24. The Kier molecular flexibility index (Phi) is 3.64. The minimum Gasteiger partial charge on any atom is -0.207 e. The van der Waals surface area contributed by atoms with Crippen molar-refractivity contribution in [3.05, 3.63) is 29.3 Å². The quantitative estimate of drug-likeness (QED) is 0.843. The van der Waals surface area contributed by atoms with E-state index in [1.807, 2.05) is 0 Å². The Balaban J connectivity index is 3.10. The summed E-state index contributed by atoms with van der Waals surface area (Å²) in [4.78, 5) is 0.100. The number of benzene rings is 1. The average Bonchev–Trinajstić information content (AvgIpc) is 2.16. The standard InChI is InChI=1S/C11H12ClNO2S/c1-4-11(2,3)13-16(14,15)10-7-5-6-9(12)8-10/h1,5-8,13H,2-3H3. The van der Waals surface area contributed by atoms with Crippen LogP contribution in [-0.2, 0) is 10.0 Å². The lowest BCUT2D eigenvalue weighted by atomic mass is 10.1. The van der Waals surface area contributed by atoms with Gasteiger partial charge in [-0.15, -0.1) is 6.42 Å². The molecule has 0 radical (unpaired) electrons. The van der Waals surface area contributed by atoms with Gasteiger partial charge in [0.2, 0.25) is 10.0 Å². The molecule has 0 fully saturated rings. The molecule has 0 heterocycles. The third-order valence-electron chi connectivity index (χ3n) is 1.86. The maximum Gasteiger partial charge on any atom is 0.241 e. The normalized spacial score (nSPS) is 12.1. The molecule has 0 aliphatic carbocycles. The number of sulfonamides is 1. The number of hydrogen-bond donors (Lipinski definition) is 1. The first kappa shape index (κ1) is 13.0. The van der Waals surface area contributed by atoms with Crippen LogP contribution in [0, 0.1) is 12.3 Å². The van der Waals surface area contributed by atoms with E-state index in [1.54, 1.807) is 26.0 Å². The summed E-state index contributed by atoms with van der Waals surface area (Å²) in [6.07, 6.45) is 5.22. The van der Waals surface area contributed by atoms with E-state index in [0.717, 1.165) is 0 Å². The van der Waals surface area contributed by atoms with Gasteiger partial charge in [-0.05, 0) is 32.0 Å². The molecular formula is C11H12ClNO2S. The molecule has 5 heteroatoms. The molecule has 0 amide bonds. The fourth-order valence-corrected chi connectivity index (χ4v) is 2.70. The van der Waals surface area contributed by atoms with Crippen molar-refractivity contribution in [1.82, 2.24) is 4.72 Å². The zero-order valence-corrected chi connectivity index (χ0v) is 10.6. The van der Waals surface area contributed by atoms with Crippen molar-refractivity contribution < 1.29 is 8.42 Å². The molecular weight excluding hydrogens is 246 g/mol. The second-order valence-corrected chi connectivity index (χ2v) is 5.95. The largest absolute Gasteiger partial charge is 0.241 e. The first-order chi connectivity index (χ1) is 7.27. The number of rotatable bonds is 3. The van der Waals surface area contributed by atoms with E-state index < -0.39 is 15.6 Å². The summed E-state index contributed by atoms with van der Waals surface area (Å²) in [5, 5.41) is 0.362. The molecule has 1 aromatic rings. The van der Waals surface area contributed by atoms with Crippen molar-refractivity contribution in [3.63, 3.8) is 0 Å². The van der Waals surface area contributed by atoms with Gasteiger partial charge in [-0.25, -0.2) is 8.42 Å². The van der Waals surface area contributed by atoms with Crippen LogP contribution < -0.4 is 4.72 Å². The van der Waals surface area contributed by atoms with Crippen LogP contribution in [0.15, 0.2) is 29.2 Å². The van der Waals surface area contributed by atoms with Gasteiger partial charge in [0.25, 0.3) is 0 Å². The van der Waals surface area contributed by atoms with E-state index in [4.69, 9.17) is 18.0 Å². The van der Waals surface area contributed by atoms with Gasteiger partial charge >= 0.3 is 0 Å². The molecule has 0 bridgehead atoms. The highest BCUT2D eigenvalue weighted by molar-refractivity contribution is 7.89. The van der Waals surface area contributed by atoms with Crippen LogP contribution in [0.4, 0.5) is 0 Å². The first-order valence-corrected chi connectivity index (χ1v) is 6.40. The Morgan fingerprint density at radius 3 is 2.56 bits per heavy atom. The van der Waals surface area contributed by atoms with Crippen molar-refractivity contribution in [2.75, 3.05) is 0 Å². The number of nitrogens with one attached hydrogen (secondary N) is 1. The molecule has 0 atom stereocenters. The molecule has 0 saturated carbocycles. The fourth-order valence-electron chi connectivity index (χ4n) is 1.06. The molecule has 1 aromatic carbocycles. The predicted molar refractivity (Wildman–Crippen MR) is 64.7 cm³/mol. The van der Waals surface area contributed by atoms with Gasteiger partial charge in [-0.3, -0.25) is 0 Å². The third kappa shape index (κ3) is 3.24. The van der Waals surface area contributed by atoms with Gasteiger partial charge in [0.05, 0.1) is 10.4 Å². The molecule has 0 saturated heterocycles. The lowest BCUT2D eigenvalue weighted by Gasteiger charge is -2.19. The smallest absolute Gasteiger partial charge is 0.207 e. The van der Waals surface area contributed by atoms with Crippen LogP contribution >= 0.6 is 11.6 Å². The second-order valence-electron chi connectivity index (χ2n) is 3.83. The average molecular weight is 258 g/mol. The molecule has 3 nitrogen and oxygen atoms in total. The van der Waals surface area contributed by atoms with E-state index in [2.05, 4.69) is 10.6 Å². The maximum atomic E-state index is 11.9. The second kappa shape index (κ2) is 4.46. The van der Waals surface area contributed by atoms with Crippen molar-refractivity contribution in [3.8, 4) is 12.3 Å². The summed E-state index contributed by atoms with van der Waals surface area (Å²) >= 11 is 5.72. The van der Waals surface area contributed by atoms with Crippen molar-refractivity contribution in [2.45, 2.75) is 24.3 Å². The topological polar surface area (TPSA) is 46.2 Å². The van der Waals surface area contributed by atoms with E-state index in [-0.39, 0.29) is 4.90 Å². The van der Waals surface area contributed by atoms with E-state index in [9.17, 15) is 8.42 Å². The Morgan fingerprint density at radius 2 is 2.06 bits per heavy atom. The Hall–Kier alpha value is -1.02. The van der Waals surface area contributed by atoms with Crippen LogP contribution in [0.2, 0.25) is 5.02 Å². The monoisotopic (exact) mass is 257 g/mol. The first-order valence-electron chi connectivity index (χ1n) is 4.54. The van der Waals surface area contributed by atoms with E-state index in [0.29, 0.717) is 5.02 Å². The fraction of sp³-hybridized carbons (Fsp3) is 0.273. The van der Waals surface area contributed by atoms with E-state index >= 15 is 0 Å². The summed E-state index contributed by atoms with van der Waals surface area (Å²) in [5.41, 5.74) is -0.929. The van der Waals surface area contributed by atoms with Crippen LogP contribution in [0.25, 0.3) is 0 Å². The summed E-state index contributed by atoms with van der Waals surface area (Å²) in [6, 6.07) is 6.00. The molecule has 16 heavy (non-hydrogen) atoms. The Bertz CT molecular complexity index is 529. The summed E-state index contributed by atoms with van der Waals surface area (Å²) in [7, 11) is -3.63. The molecule has 0 unspecified atom stereocenters. The van der Waals surface area contributed by atoms with Crippen LogP contribution in [-0.4, -0.2) is 14.0 Å². The molecule has 1 rings (SSSR count). The van der Waals surface area contributed by atoms with E-state index in [1.165, 1.54) is 12.1 Å². The minimum atomic E-state index is -3.63. The SMILES string of the molecule is C#CC(C)(C)NS(=O)(=O)c1cccc(Cl)c1. The van der Waals surface area contributed by atoms with Crippen molar-refractivity contribution >= 4 is 21.6 Å². The lowest BCUT2D eigenvalue weighted by Crippen LogP contribution is -2.41. The van der Waals surface area contributed by atoms with Gasteiger partial charge in [0, 0.05) is 5.02 Å². The molecule has 86 valence electrons. The van der Waals surface area contributed by atoms with Gasteiger partial charge in [-0.1, -0.05) is 23.6 Å². The molecule has 1 N–H and O–H groups in total. The summed E-state index contributed by atoms with van der Waals surface area (Å²) < 4.78 is 26.2. The Morgan fingerprint density at radius 1 is 1.44 bits per heavy atom. The van der Waals surface area contributed by atoms with Crippen molar-refractivity contribution in [1.29, 1.82) is 0 Å². The van der Waals surface area contributed by atoms with Gasteiger partial charge in [-0.2, -0.15) is 4.72 Å². The predicted octanol–water partition coefficient (Wildman–Crippen LogP) is 2.03. The summed E-state index contributed by atoms with van der Waals surface area (Å²) in [6.45, 7) is 3.21. The highest BCUT2D eigenvalue weighted by Crippen LogP contribution is 2.17. The van der Waals surface area contributed by atoms with Crippen LogP contribution in [0.3, 0.4) is 0 Å². The van der Waals surface area contributed by atoms with Gasteiger partial charge in [0.1, 0.15) is 0 Å². The number of halogens is 1. The maximum absolute atomic E-state index is 11.9. The lowest BCUT2D eigenvalue weighted by molar-refractivity contribution is 0.539. The number of hydrogen-bond acceptors (Lipinski definition) is 2. The van der Waals surface area contributed by atoms with Crippen LogP contribution in [0.5, 0.6) is 0 Å². The van der Waals surface area contributed by atoms with Gasteiger partial charge in [0.15, 0.2) is 0 Å². The zero-order valence-electron chi connectivity index (χ0n) is 8.99. The Labute approximate surface area is 101 Å². The highest BCUT2D eigenvalue weighted by atomic mass is 35.5.